The Kier molecular flexibility index (Phi) is 9.11. The number of ether oxygens (including phenoxy) is 2. The van der Waals surface area contributed by atoms with E-state index in [0.29, 0.717) is 19.0 Å². The fourth-order valence-electron chi connectivity index (χ4n) is 2.18. The van der Waals surface area contributed by atoms with Gasteiger partial charge >= 0.3 is 0 Å². The summed E-state index contributed by atoms with van der Waals surface area (Å²) in [6, 6.07) is 11.6. The zero-order chi connectivity index (χ0) is 19.6. The first-order chi connectivity index (χ1) is 13.0. The van der Waals surface area contributed by atoms with Gasteiger partial charge in [0.1, 0.15) is 0 Å². The normalized spacial score (nSPS) is 10.7. The Morgan fingerprint density at radius 1 is 1.11 bits per heavy atom. The van der Waals surface area contributed by atoms with Crippen molar-refractivity contribution in [2.75, 3.05) is 25.1 Å². The van der Waals surface area contributed by atoms with Crippen LogP contribution in [0.25, 0.3) is 0 Å². The number of carbonyl (C=O) groups is 1. The van der Waals surface area contributed by atoms with Gasteiger partial charge in [0.05, 0.1) is 29.5 Å². The maximum absolute atomic E-state index is 11.9. The number of amides is 1. The maximum Gasteiger partial charge on any atom is 0.259 e. The third kappa shape index (κ3) is 7.17. The molecule has 144 valence electrons. The summed E-state index contributed by atoms with van der Waals surface area (Å²) in [5, 5.41) is 7.07. The summed E-state index contributed by atoms with van der Waals surface area (Å²) < 4.78 is 13.4. The number of rotatable bonds is 9. The van der Waals surface area contributed by atoms with Gasteiger partial charge in [-0.2, -0.15) is 5.10 Å². The molecule has 6 nitrogen and oxygen atoms in total. The maximum atomic E-state index is 11.9. The first-order valence-electron chi connectivity index (χ1n) is 8.44. The summed E-state index contributed by atoms with van der Waals surface area (Å²) >= 11 is 4.43. The van der Waals surface area contributed by atoms with Gasteiger partial charge in [-0.3, -0.25) is 4.79 Å². The van der Waals surface area contributed by atoms with Gasteiger partial charge in [0.25, 0.3) is 5.91 Å². The van der Waals surface area contributed by atoms with E-state index in [2.05, 4.69) is 61.0 Å². The number of hydrogen-bond acceptors (Lipinski definition) is 5. The fraction of sp³-hybridized carbons (Fsp3) is 0.263. The highest BCUT2D eigenvalue weighted by atomic mass is 127. The van der Waals surface area contributed by atoms with Gasteiger partial charge in [-0.1, -0.05) is 0 Å². The standard InChI is InChI=1S/C19H21I2N3O3/c1-3-26-17-10-13(9-16(21)19(17)27-4-2)11-23-24-18(25)12-22-15-7-5-14(20)6-8-15/h5-11,22H,3-4,12H2,1-2H3,(H,24,25)/b23-11-. The van der Waals surface area contributed by atoms with E-state index in [0.717, 1.165) is 24.1 Å². The molecule has 0 spiro atoms. The molecule has 2 aromatic carbocycles. The van der Waals surface area contributed by atoms with E-state index in [1.54, 1.807) is 6.21 Å². The predicted molar refractivity (Wildman–Crippen MR) is 125 cm³/mol. The van der Waals surface area contributed by atoms with Gasteiger partial charge in [0.2, 0.25) is 0 Å². The van der Waals surface area contributed by atoms with Crippen LogP contribution in [0.4, 0.5) is 5.69 Å². The number of hydrogen-bond donors (Lipinski definition) is 2. The lowest BCUT2D eigenvalue weighted by Crippen LogP contribution is -2.25. The molecule has 0 saturated heterocycles. The molecule has 2 N–H and O–H groups in total. The first kappa shape index (κ1) is 21.7. The molecular formula is C19H21I2N3O3. The SMILES string of the molecule is CCOc1cc(/C=N\NC(=O)CNc2ccc(I)cc2)cc(I)c1OCC. The molecule has 0 aliphatic heterocycles. The van der Waals surface area contributed by atoms with Crippen LogP contribution in [0.3, 0.4) is 0 Å². The number of benzene rings is 2. The number of hydrazone groups is 1. The number of carbonyl (C=O) groups excluding carboxylic acids is 1. The zero-order valence-electron chi connectivity index (χ0n) is 15.1. The smallest absolute Gasteiger partial charge is 0.259 e. The Balaban J connectivity index is 1.94. The molecule has 2 aromatic rings. The molecule has 8 heteroatoms. The van der Waals surface area contributed by atoms with Crippen molar-refractivity contribution in [2.45, 2.75) is 13.8 Å². The summed E-state index contributed by atoms with van der Waals surface area (Å²) in [6.45, 7) is 5.10. The third-order valence-corrected chi connectivity index (χ3v) is 4.84. The topological polar surface area (TPSA) is 72.0 Å². The van der Waals surface area contributed by atoms with Crippen molar-refractivity contribution in [3.63, 3.8) is 0 Å². The van der Waals surface area contributed by atoms with Crippen LogP contribution in [-0.2, 0) is 4.79 Å². The molecule has 0 radical (unpaired) electrons. The molecule has 0 aliphatic carbocycles. The van der Waals surface area contributed by atoms with Gasteiger partial charge in [0, 0.05) is 9.26 Å². The van der Waals surface area contributed by atoms with E-state index in [4.69, 9.17) is 9.47 Å². The minimum Gasteiger partial charge on any atom is -0.490 e. The largest absolute Gasteiger partial charge is 0.490 e. The molecule has 0 aliphatic rings. The lowest BCUT2D eigenvalue weighted by molar-refractivity contribution is -0.119. The van der Waals surface area contributed by atoms with Crippen molar-refractivity contribution in [1.29, 1.82) is 0 Å². The van der Waals surface area contributed by atoms with Crippen LogP contribution >= 0.6 is 45.2 Å². The summed E-state index contributed by atoms with van der Waals surface area (Å²) in [4.78, 5) is 11.9. The van der Waals surface area contributed by atoms with E-state index in [-0.39, 0.29) is 12.5 Å². The lowest BCUT2D eigenvalue weighted by Gasteiger charge is -2.13. The second-order valence-corrected chi connectivity index (χ2v) is 7.76. The van der Waals surface area contributed by atoms with Crippen LogP contribution in [0.15, 0.2) is 41.5 Å². The van der Waals surface area contributed by atoms with E-state index >= 15 is 0 Å². The summed E-state index contributed by atoms with van der Waals surface area (Å²) in [5.41, 5.74) is 4.22. The molecule has 0 bridgehead atoms. The van der Waals surface area contributed by atoms with Gasteiger partial charge in [-0.25, -0.2) is 5.43 Å². The highest BCUT2D eigenvalue weighted by Gasteiger charge is 2.11. The van der Waals surface area contributed by atoms with Crippen LogP contribution in [0.2, 0.25) is 0 Å². The van der Waals surface area contributed by atoms with Crippen molar-refractivity contribution in [3.05, 3.63) is 49.1 Å². The fourth-order valence-corrected chi connectivity index (χ4v) is 3.32. The van der Waals surface area contributed by atoms with Crippen LogP contribution < -0.4 is 20.2 Å². The Bertz CT molecular complexity index is 796. The number of nitrogens with zero attached hydrogens (tertiary/aromatic N) is 1. The molecular weight excluding hydrogens is 572 g/mol. The second kappa shape index (κ2) is 11.3. The average molecular weight is 593 g/mol. The molecule has 0 atom stereocenters. The minimum absolute atomic E-state index is 0.142. The van der Waals surface area contributed by atoms with E-state index in [9.17, 15) is 4.79 Å². The van der Waals surface area contributed by atoms with Gasteiger partial charge in [0.15, 0.2) is 11.5 Å². The van der Waals surface area contributed by atoms with E-state index < -0.39 is 0 Å². The number of halogens is 2. The average Bonchev–Trinajstić information content (AvgIpc) is 2.64. The molecule has 0 fully saturated rings. The van der Waals surface area contributed by atoms with Crippen LogP contribution in [0.5, 0.6) is 11.5 Å². The van der Waals surface area contributed by atoms with Gasteiger partial charge in [-0.15, -0.1) is 0 Å². The van der Waals surface area contributed by atoms with Gasteiger partial charge < -0.3 is 14.8 Å². The van der Waals surface area contributed by atoms with Crippen LogP contribution in [0, 0.1) is 7.14 Å². The summed E-state index contributed by atoms with van der Waals surface area (Å²) in [6.07, 6.45) is 1.59. The molecule has 0 unspecified atom stereocenters. The Morgan fingerprint density at radius 3 is 2.48 bits per heavy atom. The Morgan fingerprint density at radius 2 is 1.81 bits per heavy atom. The summed E-state index contributed by atoms with van der Waals surface area (Å²) in [7, 11) is 0. The minimum atomic E-state index is -0.226. The predicted octanol–water partition coefficient (Wildman–Crippen LogP) is 4.26. The number of nitrogens with one attached hydrogen (secondary N) is 2. The van der Waals surface area contributed by atoms with Crippen molar-refractivity contribution in [2.24, 2.45) is 5.10 Å². The molecule has 2 rings (SSSR count). The molecule has 1 amide bonds. The summed E-state index contributed by atoms with van der Waals surface area (Å²) in [5.74, 6) is 1.16. The molecule has 0 heterocycles. The van der Waals surface area contributed by atoms with Crippen LogP contribution in [0.1, 0.15) is 19.4 Å². The van der Waals surface area contributed by atoms with Crippen molar-refractivity contribution in [1.82, 2.24) is 5.43 Å². The zero-order valence-corrected chi connectivity index (χ0v) is 19.4. The quantitative estimate of drug-likeness (QED) is 0.259. The van der Waals surface area contributed by atoms with Crippen molar-refractivity contribution >= 4 is 63.0 Å². The lowest BCUT2D eigenvalue weighted by atomic mass is 10.2. The van der Waals surface area contributed by atoms with Crippen LogP contribution in [-0.4, -0.2) is 31.9 Å². The van der Waals surface area contributed by atoms with E-state index in [1.165, 1.54) is 0 Å². The number of anilines is 1. The Hall–Kier alpha value is -1.56. The highest BCUT2D eigenvalue weighted by molar-refractivity contribution is 14.1. The monoisotopic (exact) mass is 593 g/mol. The van der Waals surface area contributed by atoms with Crippen molar-refractivity contribution < 1.29 is 14.3 Å². The second-order valence-electron chi connectivity index (χ2n) is 5.35. The molecule has 0 saturated carbocycles. The first-order valence-corrected chi connectivity index (χ1v) is 10.6. The highest BCUT2D eigenvalue weighted by Crippen LogP contribution is 2.33. The third-order valence-electron chi connectivity index (χ3n) is 3.32. The van der Waals surface area contributed by atoms with Gasteiger partial charge in [-0.05, 0) is 101 Å². The van der Waals surface area contributed by atoms with E-state index in [1.807, 2.05) is 50.2 Å². The Labute approximate surface area is 186 Å². The molecule has 0 aromatic heterocycles. The van der Waals surface area contributed by atoms with Crippen molar-refractivity contribution in [3.8, 4) is 11.5 Å². The molecule has 27 heavy (non-hydrogen) atoms.